The molecule has 0 unspecified atom stereocenters. The fourth-order valence-electron chi connectivity index (χ4n) is 3.10. The smallest absolute Gasteiger partial charge is 0.253 e. The quantitative estimate of drug-likeness (QED) is 0.646. The van der Waals surface area contributed by atoms with Gasteiger partial charge in [0.05, 0.1) is 11.5 Å². The van der Waals surface area contributed by atoms with Crippen LogP contribution >= 0.6 is 0 Å². The maximum Gasteiger partial charge on any atom is 0.253 e. The second-order valence-electron chi connectivity index (χ2n) is 6.88. The summed E-state index contributed by atoms with van der Waals surface area (Å²) < 4.78 is 45.3. The lowest BCUT2D eigenvalue weighted by Crippen LogP contribution is -2.50. The zero-order chi connectivity index (χ0) is 20.9. The van der Waals surface area contributed by atoms with Crippen molar-refractivity contribution in [3.05, 3.63) is 59.9 Å². The van der Waals surface area contributed by atoms with Crippen LogP contribution in [0.5, 0.6) is 5.75 Å². The maximum atomic E-state index is 13.1. The van der Waals surface area contributed by atoms with Gasteiger partial charge in [0.2, 0.25) is 10.0 Å². The molecule has 0 bridgehead atoms. The number of halogens is 1. The highest BCUT2D eigenvalue weighted by atomic mass is 32.2. The van der Waals surface area contributed by atoms with Crippen LogP contribution < -0.4 is 4.74 Å². The topological polar surface area (TPSA) is 66.9 Å². The second kappa shape index (κ2) is 9.37. The van der Waals surface area contributed by atoms with Gasteiger partial charge in [0.1, 0.15) is 11.6 Å². The van der Waals surface area contributed by atoms with Crippen molar-refractivity contribution in [3.8, 4) is 5.75 Å². The molecule has 2 aromatic rings. The highest BCUT2D eigenvalue weighted by molar-refractivity contribution is 7.89. The highest BCUT2D eigenvalue weighted by Gasteiger charge is 2.30. The van der Waals surface area contributed by atoms with E-state index < -0.39 is 15.8 Å². The molecule has 29 heavy (non-hydrogen) atoms. The molecule has 0 spiro atoms. The van der Waals surface area contributed by atoms with Gasteiger partial charge in [-0.15, -0.1) is 0 Å². The lowest BCUT2D eigenvalue weighted by atomic mass is 10.2. The average molecular weight is 421 g/mol. The normalized spacial score (nSPS) is 15.3. The molecule has 8 heteroatoms. The molecule has 0 atom stereocenters. The van der Waals surface area contributed by atoms with Gasteiger partial charge in [-0.1, -0.05) is 13.3 Å². The zero-order valence-corrected chi connectivity index (χ0v) is 17.2. The van der Waals surface area contributed by atoms with Crippen molar-refractivity contribution >= 4 is 15.9 Å². The monoisotopic (exact) mass is 420 g/mol. The van der Waals surface area contributed by atoms with Gasteiger partial charge in [-0.3, -0.25) is 4.79 Å². The van der Waals surface area contributed by atoms with Crippen LogP contribution in [-0.4, -0.2) is 56.3 Å². The highest BCUT2D eigenvalue weighted by Crippen LogP contribution is 2.20. The summed E-state index contributed by atoms with van der Waals surface area (Å²) in [5, 5.41) is 0. The molecule has 1 aliphatic heterocycles. The molecule has 6 nitrogen and oxygen atoms in total. The molecule has 1 amide bonds. The van der Waals surface area contributed by atoms with E-state index in [1.54, 1.807) is 29.2 Å². The average Bonchev–Trinajstić information content (AvgIpc) is 2.74. The molecular weight excluding hydrogens is 395 g/mol. The van der Waals surface area contributed by atoms with Crippen molar-refractivity contribution in [3.63, 3.8) is 0 Å². The van der Waals surface area contributed by atoms with Gasteiger partial charge in [0.15, 0.2) is 0 Å². The van der Waals surface area contributed by atoms with Gasteiger partial charge >= 0.3 is 0 Å². The van der Waals surface area contributed by atoms with E-state index in [0.717, 1.165) is 30.7 Å². The summed E-state index contributed by atoms with van der Waals surface area (Å²) in [6, 6.07) is 11.8. The Balaban J connectivity index is 1.58. The Morgan fingerprint density at radius 1 is 1.00 bits per heavy atom. The van der Waals surface area contributed by atoms with Crippen LogP contribution in [0.25, 0.3) is 0 Å². The number of benzene rings is 2. The van der Waals surface area contributed by atoms with Gasteiger partial charge < -0.3 is 9.64 Å². The first-order chi connectivity index (χ1) is 13.9. The van der Waals surface area contributed by atoms with Crippen LogP contribution in [0.3, 0.4) is 0 Å². The van der Waals surface area contributed by atoms with E-state index >= 15 is 0 Å². The van der Waals surface area contributed by atoms with Crippen molar-refractivity contribution in [1.82, 2.24) is 9.21 Å². The molecule has 1 fully saturated rings. The van der Waals surface area contributed by atoms with E-state index in [2.05, 4.69) is 6.92 Å². The first kappa shape index (κ1) is 21.3. The Hall–Kier alpha value is -2.45. The number of unbranched alkanes of at least 4 members (excludes halogenated alkanes) is 1. The van der Waals surface area contributed by atoms with Crippen molar-refractivity contribution < 1.29 is 22.3 Å². The van der Waals surface area contributed by atoms with Gasteiger partial charge in [0.25, 0.3) is 5.91 Å². The Kier molecular flexibility index (Phi) is 6.87. The predicted octanol–water partition coefficient (Wildman–Crippen LogP) is 3.15. The van der Waals surface area contributed by atoms with Crippen molar-refractivity contribution in [1.29, 1.82) is 0 Å². The van der Waals surface area contributed by atoms with Crippen LogP contribution in [-0.2, 0) is 10.0 Å². The van der Waals surface area contributed by atoms with Crippen LogP contribution in [0.2, 0.25) is 0 Å². The number of nitrogens with zero attached hydrogens (tertiary/aromatic N) is 2. The number of hydrogen-bond donors (Lipinski definition) is 0. The molecule has 0 aliphatic carbocycles. The summed E-state index contributed by atoms with van der Waals surface area (Å²) in [5.41, 5.74) is 0.544. The number of carbonyl (C=O) groups is 1. The van der Waals surface area contributed by atoms with E-state index in [1.807, 2.05) is 0 Å². The van der Waals surface area contributed by atoms with Gasteiger partial charge in [-0.05, 0) is 55.0 Å². The predicted molar refractivity (Wildman–Crippen MR) is 108 cm³/mol. The molecule has 156 valence electrons. The number of sulfonamides is 1. The first-order valence-electron chi connectivity index (χ1n) is 9.69. The van der Waals surface area contributed by atoms with Crippen molar-refractivity contribution in [2.45, 2.75) is 24.7 Å². The standard InChI is InChI=1S/C21H25FN2O4S/c1-2-3-16-28-19-8-4-17(5-9-19)21(25)23-12-14-24(15-13-23)29(26,27)20-10-6-18(22)7-11-20/h4-11H,2-3,12-16H2,1H3. The van der Waals surface area contributed by atoms with Crippen molar-refractivity contribution in [2.24, 2.45) is 0 Å². The molecule has 1 aliphatic rings. The number of ether oxygens (including phenoxy) is 1. The molecule has 3 rings (SSSR count). The van der Waals surface area contributed by atoms with Gasteiger partial charge in [-0.25, -0.2) is 12.8 Å². The van der Waals surface area contributed by atoms with Gasteiger partial charge in [0, 0.05) is 31.7 Å². The summed E-state index contributed by atoms with van der Waals surface area (Å²) in [5.74, 6) is 0.107. The lowest BCUT2D eigenvalue weighted by molar-refractivity contribution is 0.0698. The Labute approximate surface area is 170 Å². The largest absolute Gasteiger partial charge is 0.494 e. The maximum absolute atomic E-state index is 13.1. The Morgan fingerprint density at radius 2 is 1.62 bits per heavy atom. The summed E-state index contributed by atoms with van der Waals surface area (Å²) in [6.07, 6.45) is 2.03. The molecule has 0 aromatic heterocycles. The minimum absolute atomic E-state index is 0.0531. The molecule has 1 saturated heterocycles. The summed E-state index contributed by atoms with van der Waals surface area (Å²) in [7, 11) is -3.70. The molecule has 0 saturated carbocycles. The Bertz CT molecular complexity index is 922. The number of piperazine rings is 1. The van der Waals surface area contributed by atoms with E-state index in [9.17, 15) is 17.6 Å². The zero-order valence-electron chi connectivity index (χ0n) is 16.4. The fraction of sp³-hybridized carbons (Fsp3) is 0.381. The van der Waals surface area contributed by atoms with E-state index in [1.165, 1.54) is 16.4 Å². The van der Waals surface area contributed by atoms with Crippen LogP contribution in [0.1, 0.15) is 30.1 Å². The minimum atomic E-state index is -3.70. The third-order valence-corrected chi connectivity index (χ3v) is 6.76. The first-order valence-corrected chi connectivity index (χ1v) is 11.1. The number of carbonyl (C=O) groups excluding carboxylic acids is 1. The van der Waals surface area contributed by atoms with Gasteiger partial charge in [-0.2, -0.15) is 4.31 Å². The Morgan fingerprint density at radius 3 is 2.21 bits per heavy atom. The number of hydrogen-bond acceptors (Lipinski definition) is 4. The summed E-state index contributed by atoms with van der Waals surface area (Å²) in [4.78, 5) is 14.4. The molecule has 2 aromatic carbocycles. The van der Waals surface area contributed by atoms with E-state index in [-0.39, 0.29) is 23.9 Å². The second-order valence-corrected chi connectivity index (χ2v) is 8.81. The van der Waals surface area contributed by atoms with Crippen LogP contribution in [0.15, 0.2) is 53.4 Å². The van der Waals surface area contributed by atoms with Crippen molar-refractivity contribution in [2.75, 3.05) is 32.8 Å². The van der Waals surface area contributed by atoms with E-state index in [0.29, 0.717) is 25.3 Å². The van der Waals surface area contributed by atoms with Crippen LogP contribution in [0.4, 0.5) is 4.39 Å². The third-order valence-electron chi connectivity index (χ3n) is 4.85. The van der Waals surface area contributed by atoms with Crippen LogP contribution in [0, 0.1) is 5.82 Å². The fourth-order valence-corrected chi connectivity index (χ4v) is 4.52. The lowest BCUT2D eigenvalue weighted by Gasteiger charge is -2.34. The molecular formula is C21H25FN2O4S. The number of amides is 1. The SMILES string of the molecule is CCCCOc1ccc(C(=O)N2CCN(S(=O)(=O)c3ccc(F)cc3)CC2)cc1. The molecule has 1 heterocycles. The van der Waals surface area contributed by atoms with E-state index in [4.69, 9.17) is 4.74 Å². The summed E-state index contributed by atoms with van der Waals surface area (Å²) >= 11 is 0. The minimum Gasteiger partial charge on any atom is -0.494 e. The molecule has 0 N–H and O–H groups in total. The number of rotatable bonds is 7. The third kappa shape index (κ3) is 5.13. The summed E-state index contributed by atoms with van der Waals surface area (Å²) in [6.45, 7) is 3.74. The molecule has 0 radical (unpaired) electrons.